The van der Waals surface area contributed by atoms with Crippen LogP contribution in [0.2, 0.25) is 5.02 Å². The zero-order chi connectivity index (χ0) is 15.1. The number of fused-ring (bicyclic) bond motifs is 1. The van der Waals surface area contributed by atoms with Crippen molar-refractivity contribution >= 4 is 40.2 Å². The van der Waals surface area contributed by atoms with Crippen molar-refractivity contribution in [3.63, 3.8) is 0 Å². The van der Waals surface area contributed by atoms with Crippen LogP contribution < -0.4 is 5.73 Å². The number of carbonyl (C=O) groups excluding carboxylic acids is 1. The molecule has 0 atom stereocenters. The first-order chi connectivity index (χ1) is 9.19. The first-order valence-electron chi connectivity index (χ1n) is 6.27. The van der Waals surface area contributed by atoms with Crippen LogP contribution in [-0.4, -0.2) is 15.6 Å². The fourth-order valence-corrected chi connectivity index (χ4v) is 3.41. The van der Waals surface area contributed by atoms with E-state index in [0.717, 1.165) is 21.4 Å². The van der Waals surface area contributed by atoms with Gasteiger partial charge in [-0.1, -0.05) is 32.4 Å². The number of carbonyl (C=O) groups is 1. The van der Waals surface area contributed by atoms with Gasteiger partial charge in [0.05, 0.1) is 16.1 Å². The topological polar surface area (TPSA) is 56.0 Å². The number of primary amides is 1. The smallest absolute Gasteiger partial charge is 0.251 e. The number of aryl methyl sites for hydroxylation is 1. The van der Waals surface area contributed by atoms with Crippen LogP contribution in [0.1, 0.15) is 36.7 Å². The van der Waals surface area contributed by atoms with Gasteiger partial charge in [0.1, 0.15) is 0 Å². The third kappa shape index (κ3) is 3.07. The zero-order valence-corrected chi connectivity index (χ0v) is 13.5. The predicted octanol–water partition coefficient (Wildman–Crippen LogP) is 4.19. The number of hydrogen-bond donors (Lipinski definition) is 1. The quantitative estimate of drug-likeness (QED) is 0.846. The number of rotatable bonds is 2. The summed E-state index contributed by atoms with van der Waals surface area (Å²) in [6.07, 6.45) is 1.44. The maximum atomic E-state index is 11.4. The highest BCUT2D eigenvalue weighted by Gasteiger charge is 2.16. The molecule has 0 saturated carbocycles. The molecule has 0 fully saturated rings. The molecule has 2 rings (SSSR count). The lowest BCUT2D eigenvalue weighted by Gasteiger charge is -2.18. The number of amides is 1. The molecule has 0 saturated heterocycles. The Morgan fingerprint density at radius 3 is 2.55 bits per heavy atom. The molecular formula is C15H17ClN2OS. The van der Waals surface area contributed by atoms with Crippen molar-refractivity contribution in [2.24, 2.45) is 5.73 Å². The summed E-state index contributed by atoms with van der Waals surface area (Å²) in [6.45, 7) is 8.44. The highest BCUT2D eigenvalue weighted by molar-refractivity contribution is 8.00. The minimum Gasteiger partial charge on any atom is -0.366 e. The molecule has 1 aromatic heterocycles. The first-order valence-corrected chi connectivity index (χ1v) is 7.46. The second kappa shape index (κ2) is 5.26. The SMILES string of the molecule is Cc1cc(SC(C)(C)C)cc2c(Cl)c(C(N)=O)cnc12. The van der Waals surface area contributed by atoms with Crippen molar-refractivity contribution in [2.45, 2.75) is 37.3 Å². The van der Waals surface area contributed by atoms with Gasteiger partial charge in [-0.3, -0.25) is 9.78 Å². The average molecular weight is 309 g/mol. The molecule has 1 heterocycles. The Balaban J connectivity index is 2.67. The van der Waals surface area contributed by atoms with Crippen molar-refractivity contribution in [3.8, 4) is 0 Å². The van der Waals surface area contributed by atoms with Gasteiger partial charge in [-0.2, -0.15) is 0 Å². The molecule has 0 unspecified atom stereocenters. The Labute approximate surface area is 127 Å². The van der Waals surface area contributed by atoms with E-state index in [1.165, 1.54) is 6.20 Å². The van der Waals surface area contributed by atoms with Gasteiger partial charge in [-0.15, -0.1) is 11.8 Å². The summed E-state index contributed by atoms with van der Waals surface area (Å²) >= 11 is 8.05. The molecule has 20 heavy (non-hydrogen) atoms. The van der Waals surface area contributed by atoms with Gasteiger partial charge in [-0.25, -0.2) is 0 Å². The normalized spacial score (nSPS) is 11.8. The van der Waals surface area contributed by atoms with Gasteiger partial charge in [0, 0.05) is 21.2 Å². The summed E-state index contributed by atoms with van der Waals surface area (Å²) in [5.41, 5.74) is 7.41. The molecule has 1 amide bonds. The summed E-state index contributed by atoms with van der Waals surface area (Å²) in [4.78, 5) is 16.8. The minimum atomic E-state index is -0.559. The van der Waals surface area contributed by atoms with Gasteiger partial charge in [0.25, 0.3) is 5.91 Å². The number of thioether (sulfide) groups is 1. The van der Waals surface area contributed by atoms with Gasteiger partial charge in [0.2, 0.25) is 0 Å². The van der Waals surface area contributed by atoms with E-state index >= 15 is 0 Å². The van der Waals surface area contributed by atoms with Gasteiger partial charge < -0.3 is 5.73 Å². The summed E-state index contributed by atoms with van der Waals surface area (Å²) in [5, 5.41) is 1.15. The second-order valence-electron chi connectivity index (χ2n) is 5.70. The lowest BCUT2D eigenvalue weighted by atomic mass is 10.1. The van der Waals surface area contributed by atoms with Crippen molar-refractivity contribution in [2.75, 3.05) is 0 Å². The summed E-state index contributed by atoms with van der Waals surface area (Å²) < 4.78 is 0.0985. The third-order valence-electron chi connectivity index (χ3n) is 2.76. The molecule has 0 spiro atoms. The number of benzene rings is 1. The van der Waals surface area contributed by atoms with E-state index in [0.29, 0.717) is 5.02 Å². The van der Waals surface area contributed by atoms with E-state index in [2.05, 4.69) is 31.8 Å². The van der Waals surface area contributed by atoms with E-state index < -0.39 is 5.91 Å². The molecule has 0 aliphatic heterocycles. The average Bonchev–Trinajstić information content (AvgIpc) is 2.27. The number of hydrogen-bond acceptors (Lipinski definition) is 3. The van der Waals surface area contributed by atoms with Crippen LogP contribution in [0, 0.1) is 6.92 Å². The van der Waals surface area contributed by atoms with Crippen molar-refractivity contribution in [1.29, 1.82) is 0 Å². The van der Waals surface area contributed by atoms with Gasteiger partial charge in [0.15, 0.2) is 0 Å². The number of aromatic nitrogens is 1. The zero-order valence-electron chi connectivity index (χ0n) is 12.0. The highest BCUT2D eigenvalue weighted by atomic mass is 35.5. The maximum Gasteiger partial charge on any atom is 0.251 e. The number of nitrogens with zero attached hydrogens (tertiary/aromatic N) is 1. The minimum absolute atomic E-state index is 0.0985. The van der Waals surface area contributed by atoms with Crippen LogP contribution in [0.5, 0.6) is 0 Å². The van der Waals surface area contributed by atoms with Crippen LogP contribution >= 0.6 is 23.4 Å². The van der Waals surface area contributed by atoms with Crippen molar-refractivity contribution in [1.82, 2.24) is 4.98 Å². The van der Waals surface area contributed by atoms with Crippen LogP contribution in [0.3, 0.4) is 0 Å². The van der Waals surface area contributed by atoms with Gasteiger partial charge in [-0.05, 0) is 24.6 Å². The Kier molecular flexibility index (Phi) is 3.98. The summed E-state index contributed by atoms with van der Waals surface area (Å²) in [7, 11) is 0. The Hall–Kier alpha value is -1.26. The third-order valence-corrected chi connectivity index (χ3v) is 4.25. The van der Waals surface area contributed by atoms with E-state index in [4.69, 9.17) is 17.3 Å². The van der Waals surface area contributed by atoms with Crippen LogP contribution in [0.4, 0.5) is 0 Å². The van der Waals surface area contributed by atoms with E-state index in [1.54, 1.807) is 11.8 Å². The standard InChI is InChI=1S/C15H17ClN2OS/c1-8-5-9(20-15(2,3)4)6-10-12(16)11(14(17)19)7-18-13(8)10/h5-7H,1-4H3,(H2,17,19). The van der Waals surface area contributed by atoms with E-state index in [1.807, 2.05) is 13.0 Å². The maximum absolute atomic E-state index is 11.4. The van der Waals surface area contributed by atoms with Crippen LogP contribution in [-0.2, 0) is 0 Å². The van der Waals surface area contributed by atoms with Crippen LogP contribution in [0.15, 0.2) is 23.2 Å². The summed E-state index contributed by atoms with van der Waals surface area (Å²) in [6, 6.07) is 4.06. The number of nitrogens with two attached hydrogens (primary N) is 1. The van der Waals surface area contributed by atoms with E-state index in [-0.39, 0.29) is 10.3 Å². The Morgan fingerprint density at radius 1 is 1.35 bits per heavy atom. The van der Waals surface area contributed by atoms with Crippen molar-refractivity contribution in [3.05, 3.63) is 34.5 Å². The molecule has 0 aliphatic carbocycles. The molecule has 2 aromatic rings. The molecule has 2 N–H and O–H groups in total. The molecule has 0 bridgehead atoms. The second-order valence-corrected chi connectivity index (χ2v) is 7.98. The van der Waals surface area contributed by atoms with E-state index in [9.17, 15) is 4.79 Å². The molecule has 106 valence electrons. The Bertz CT molecular complexity index is 692. The fourth-order valence-electron chi connectivity index (χ4n) is 2.00. The first kappa shape index (κ1) is 15.1. The lowest BCUT2D eigenvalue weighted by molar-refractivity contribution is 0.100. The Morgan fingerprint density at radius 2 is 2.00 bits per heavy atom. The largest absolute Gasteiger partial charge is 0.366 e. The lowest BCUT2D eigenvalue weighted by Crippen LogP contribution is -2.12. The predicted molar refractivity (Wildman–Crippen MR) is 85.6 cm³/mol. The van der Waals surface area contributed by atoms with Crippen LogP contribution in [0.25, 0.3) is 10.9 Å². The molecular weight excluding hydrogens is 292 g/mol. The van der Waals surface area contributed by atoms with Crippen molar-refractivity contribution < 1.29 is 4.79 Å². The molecule has 0 aliphatic rings. The molecule has 5 heteroatoms. The fraction of sp³-hybridized carbons (Fsp3) is 0.333. The molecule has 0 radical (unpaired) electrons. The highest BCUT2D eigenvalue weighted by Crippen LogP contribution is 2.36. The monoisotopic (exact) mass is 308 g/mol. The molecule has 1 aromatic carbocycles. The number of halogens is 1. The summed E-state index contributed by atoms with van der Waals surface area (Å²) in [5.74, 6) is -0.559. The number of pyridine rings is 1. The molecule has 3 nitrogen and oxygen atoms in total. The van der Waals surface area contributed by atoms with Gasteiger partial charge >= 0.3 is 0 Å².